The summed E-state index contributed by atoms with van der Waals surface area (Å²) in [5, 5.41) is 3.24. The van der Waals surface area contributed by atoms with Crippen molar-refractivity contribution < 1.29 is 0 Å². The average molecular weight is 220 g/mol. The third kappa shape index (κ3) is 2.27. The minimum absolute atomic E-state index is 0.242. The third-order valence-corrected chi connectivity index (χ3v) is 2.55. The summed E-state index contributed by atoms with van der Waals surface area (Å²) in [5.41, 5.74) is 7.36. The molecule has 0 aliphatic carbocycles. The molecule has 2 aromatic heterocycles. The van der Waals surface area contributed by atoms with Crippen LogP contribution < -0.4 is 11.1 Å². The van der Waals surface area contributed by atoms with Gasteiger partial charge >= 0.3 is 0 Å². The van der Waals surface area contributed by atoms with E-state index in [-0.39, 0.29) is 6.04 Å². The van der Waals surface area contributed by atoms with Crippen molar-refractivity contribution >= 4 is 17.0 Å². The van der Waals surface area contributed by atoms with Gasteiger partial charge in [-0.1, -0.05) is 6.92 Å². The molecule has 0 saturated heterocycles. The highest BCUT2D eigenvalue weighted by Gasteiger charge is 2.05. The van der Waals surface area contributed by atoms with Gasteiger partial charge in [0.15, 0.2) is 11.5 Å². The SMILES string of the molecule is CCC(N)CCNc1ncnc2nc[nH]c12. The van der Waals surface area contributed by atoms with Crippen LogP contribution in [0.4, 0.5) is 5.82 Å². The Morgan fingerprint density at radius 2 is 2.31 bits per heavy atom. The zero-order valence-electron chi connectivity index (χ0n) is 9.27. The molecule has 2 aromatic rings. The Morgan fingerprint density at radius 3 is 3.12 bits per heavy atom. The number of aromatic nitrogens is 4. The van der Waals surface area contributed by atoms with Gasteiger partial charge in [0.25, 0.3) is 0 Å². The van der Waals surface area contributed by atoms with E-state index in [1.165, 1.54) is 6.33 Å². The number of hydrogen-bond acceptors (Lipinski definition) is 5. The van der Waals surface area contributed by atoms with Gasteiger partial charge in [-0.15, -0.1) is 0 Å². The summed E-state index contributed by atoms with van der Waals surface area (Å²) in [7, 11) is 0. The van der Waals surface area contributed by atoms with Crippen molar-refractivity contribution in [2.24, 2.45) is 5.73 Å². The molecule has 0 saturated carbocycles. The Balaban J connectivity index is 2.01. The molecule has 0 aliphatic heterocycles. The predicted octanol–water partition coefficient (Wildman–Crippen LogP) is 0.892. The second-order valence-corrected chi connectivity index (χ2v) is 3.71. The number of nitrogens with one attached hydrogen (secondary N) is 2. The average Bonchev–Trinajstić information content (AvgIpc) is 2.77. The quantitative estimate of drug-likeness (QED) is 0.696. The van der Waals surface area contributed by atoms with E-state index in [0.29, 0.717) is 5.65 Å². The number of H-pyrrole nitrogens is 1. The maximum Gasteiger partial charge on any atom is 0.182 e. The molecule has 2 rings (SSSR count). The summed E-state index contributed by atoms with van der Waals surface area (Å²) in [6, 6.07) is 0.242. The maximum atomic E-state index is 5.84. The normalized spacial score (nSPS) is 12.9. The van der Waals surface area contributed by atoms with Crippen LogP contribution >= 0.6 is 0 Å². The largest absolute Gasteiger partial charge is 0.368 e. The number of anilines is 1. The van der Waals surface area contributed by atoms with Crippen molar-refractivity contribution in [3.8, 4) is 0 Å². The monoisotopic (exact) mass is 220 g/mol. The minimum atomic E-state index is 0.242. The molecule has 0 aliphatic rings. The van der Waals surface area contributed by atoms with Crippen molar-refractivity contribution in [2.45, 2.75) is 25.8 Å². The summed E-state index contributed by atoms with van der Waals surface area (Å²) in [6.07, 6.45) is 5.04. The molecule has 6 heteroatoms. The minimum Gasteiger partial charge on any atom is -0.368 e. The summed E-state index contributed by atoms with van der Waals surface area (Å²) >= 11 is 0. The fraction of sp³-hybridized carbons (Fsp3) is 0.500. The maximum absolute atomic E-state index is 5.84. The highest BCUT2D eigenvalue weighted by Crippen LogP contribution is 2.14. The van der Waals surface area contributed by atoms with Gasteiger partial charge < -0.3 is 16.0 Å². The molecule has 0 spiro atoms. The van der Waals surface area contributed by atoms with Crippen LogP contribution in [0.1, 0.15) is 19.8 Å². The number of nitrogens with two attached hydrogens (primary N) is 1. The topological polar surface area (TPSA) is 92.5 Å². The number of aromatic amines is 1. The lowest BCUT2D eigenvalue weighted by atomic mass is 10.2. The molecule has 16 heavy (non-hydrogen) atoms. The second-order valence-electron chi connectivity index (χ2n) is 3.71. The van der Waals surface area contributed by atoms with Crippen LogP contribution in [0, 0.1) is 0 Å². The van der Waals surface area contributed by atoms with E-state index in [4.69, 9.17) is 5.73 Å². The van der Waals surface area contributed by atoms with E-state index in [1.54, 1.807) is 6.33 Å². The Hall–Kier alpha value is -1.69. The van der Waals surface area contributed by atoms with E-state index >= 15 is 0 Å². The molecule has 4 N–H and O–H groups in total. The Morgan fingerprint density at radius 1 is 1.44 bits per heavy atom. The van der Waals surface area contributed by atoms with E-state index in [2.05, 4.69) is 32.2 Å². The lowest BCUT2D eigenvalue weighted by Crippen LogP contribution is -2.22. The van der Waals surface area contributed by atoms with E-state index in [0.717, 1.165) is 30.7 Å². The number of imidazole rings is 1. The van der Waals surface area contributed by atoms with Gasteiger partial charge in [0.2, 0.25) is 0 Å². The summed E-state index contributed by atoms with van der Waals surface area (Å²) in [4.78, 5) is 15.3. The Bertz CT molecular complexity index is 451. The van der Waals surface area contributed by atoms with Gasteiger partial charge in [0, 0.05) is 12.6 Å². The molecule has 2 heterocycles. The van der Waals surface area contributed by atoms with E-state index in [9.17, 15) is 0 Å². The van der Waals surface area contributed by atoms with Crippen molar-refractivity contribution in [3.63, 3.8) is 0 Å². The second kappa shape index (κ2) is 4.89. The highest BCUT2D eigenvalue weighted by molar-refractivity contribution is 5.81. The standard InChI is InChI=1S/C10H16N6/c1-2-7(11)3-4-12-9-8-10(14-5-13-8)16-6-15-9/h5-7H,2-4,11H2,1H3,(H2,12,13,14,15,16). The zero-order chi connectivity index (χ0) is 11.4. The number of rotatable bonds is 5. The van der Waals surface area contributed by atoms with Crippen molar-refractivity contribution in [3.05, 3.63) is 12.7 Å². The van der Waals surface area contributed by atoms with Crippen LogP contribution in [0.3, 0.4) is 0 Å². The van der Waals surface area contributed by atoms with Crippen LogP contribution in [-0.2, 0) is 0 Å². The van der Waals surface area contributed by atoms with Gasteiger partial charge in [-0.05, 0) is 12.8 Å². The first-order valence-corrected chi connectivity index (χ1v) is 5.44. The summed E-state index contributed by atoms with van der Waals surface area (Å²) < 4.78 is 0. The van der Waals surface area contributed by atoms with Crippen LogP contribution in [0.5, 0.6) is 0 Å². The highest BCUT2D eigenvalue weighted by atomic mass is 15.1. The van der Waals surface area contributed by atoms with E-state index < -0.39 is 0 Å². The molecule has 86 valence electrons. The van der Waals surface area contributed by atoms with E-state index in [1.807, 2.05) is 0 Å². The first kappa shape index (κ1) is 10.8. The zero-order valence-corrected chi connectivity index (χ0v) is 9.27. The molecule has 6 nitrogen and oxygen atoms in total. The molecule has 0 fully saturated rings. The van der Waals surface area contributed by atoms with Crippen molar-refractivity contribution in [1.29, 1.82) is 0 Å². The molecular weight excluding hydrogens is 204 g/mol. The van der Waals surface area contributed by atoms with Crippen LogP contribution in [0.2, 0.25) is 0 Å². The van der Waals surface area contributed by atoms with Gasteiger partial charge in [0.1, 0.15) is 11.8 Å². The fourth-order valence-corrected chi connectivity index (χ4v) is 1.48. The number of hydrogen-bond donors (Lipinski definition) is 3. The first-order chi connectivity index (χ1) is 7.81. The molecule has 0 bridgehead atoms. The van der Waals surface area contributed by atoms with Crippen LogP contribution in [-0.4, -0.2) is 32.5 Å². The number of nitrogens with zero attached hydrogens (tertiary/aromatic N) is 3. The molecule has 0 aromatic carbocycles. The van der Waals surface area contributed by atoms with Crippen LogP contribution in [0.15, 0.2) is 12.7 Å². The fourth-order valence-electron chi connectivity index (χ4n) is 1.48. The molecular formula is C10H16N6. The number of fused-ring (bicyclic) bond motifs is 1. The Kier molecular flexibility index (Phi) is 3.31. The molecule has 0 radical (unpaired) electrons. The summed E-state index contributed by atoms with van der Waals surface area (Å²) in [5.74, 6) is 0.783. The molecule has 1 unspecified atom stereocenters. The smallest absolute Gasteiger partial charge is 0.182 e. The van der Waals surface area contributed by atoms with Crippen molar-refractivity contribution in [2.75, 3.05) is 11.9 Å². The Labute approximate surface area is 93.7 Å². The van der Waals surface area contributed by atoms with Gasteiger partial charge in [0.05, 0.1) is 6.33 Å². The van der Waals surface area contributed by atoms with Crippen molar-refractivity contribution in [1.82, 2.24) is 19.9 Å². The third-order valence-electron chi connectivity index (χ3n) is 2.55. The molecule has 1 atom stereocenters. The first-order valence-electron chi connectivity index (χ1n) is 5.44. The van der Waals surface area contributed by atoms with Gasteiger partial charge in [-0.3, -0.25) is 0 Å². The molecule has 0 amide bonds. The van der Waals surface area contributed by atoms with Crippen LogP contribution in [0.25, 0.3) is 11.2 Å². The lowest BCUT2D eigenvalue weighted by molar-refractivity contribution is 0.613. The predicted molar refractivity (Wildman–Crippen MR) is 63.1 cm³/mol. The van der Waals surface area contributed by atoms with Gasteiger partial charge in [-0.25, -0.2) is 15.0 Å². The summed E-state index contributed by atoms with van der Waals surface area (Å²) in [6.45, 7) is 2.89. The van der Waals surface area contributed by atoms with Gasteiger partial charge in [-0.2, -0.15) is 0 Å². The lowest BCUT2D eigenvalue weighted by Gasteiger charge is -2.09.